The number of hydrogen-bond donors (Lipinski definition) is 2. The molecule has 9 nitrogen and oxygen atoms in total. The summed E-state index contributed by atoms with van der Waals surface area (Å²) in [4.78, 5) is 40.1. The van der Waals surface area contributed by atoms with E-state index in [9.17, 15) is 14.4 Å². The first-order valence-corrected chi connectivity index (χ1v) is 9.80. The average molecular weight is 440 g/mol. The number of morpholine rings is 1. The second-order valence-electron chi connectivity index (χ2n) is 8.36. The number of fused-ring (bicyclic) bond motifs is 1. The summed E-state index contributed by atoms with van der Waals surface area (Å²) in [6.07, 6.45) is 0. The highest BCUT2D eigenvalue weighted by molar-refractivity contribution is 5.92. The number of nitrogens with two attached hydrogens (primary N) is 1. The molecule has 1 aromatic heterocycles. The quantitative estimate of drug-likeness (QED) is 0.722. The summed E-state index contributed by atoms with van der Waals surface area (Å²) in [5.41, 5.74) is 5.62. The standard InChI is InChI=1S/C20H29N5O4.ClH/c1-20(2,3)16(17(21)26)22-18(27)25-15-7-5-4-6-14(15)24(19(25)28)9-8-23-10-12-29-13-11-23;/h4-7,16H,8-13H2,1-3H3,(H2,21,26)(H,22,27);1H/t16-;/m1./s1. The lowest BCUT2D eigenvalue weighted by Gasteiger charge is -2.28. The molecular formula is C20H30ClN5O4. The Kier molecular flexibility index (Phi) is 7.68. The molecule has 0 aliphatic carbocycles. The number of benzene rings is 1. The number of carbonyl (C=O) groups excluding carboxylic acids is 2. The zero-order valence-electron chi connectivity index (χ0n) is 17.6. The molecule has 0 bridgehead atoms. The fraction of sp³-hybridized carbons (Fsp3) is 0.550. The van der Waals surface area contributed by atoms with Gasteiger partial charge in [-0.25, -0.2) is 14.2 Å². The zero-order chi connectivity index (χ0) is 21.2. The van der Waals surface area contributed by atoms with Crippen LogP contribution in [0.2, 0.25) is 0 Å². The molecule has 2 aromatic rings. The summed E-state index contributed by atoms with van der Waals surface area (Å²) < 4.78 is 8.04. The summed E-state index contributed by atoms with van der Waals surface area (Å²) in [6, 6.07) is 5.57. The molecule has 2 amide bonds. The monoisotopic (exact) mass is 439 g/mol. The van der Waals surface area contributed by atoms with Crippen molar-refractivity contribution in [1.29, 1.82) is 0 Å². The van der Waals surface area contributed by atoms with Crippen molar-refractivity contribution in [1.82, 2.24) is 19.4 Å². The van der Waals surface area contributed by atoms with Gasteiger partial charge in [0.1, 0.15) is 6.04 Å². The van der Waals surface area contributed by atoms with E-state index in [0.717, 1.165) is 17.7 Å². The van der Waals surface area contributed by atoms with Crippen molar-refractivity contribution in [3.63, 3.8) is 0 Å². The summed E-state index contributed by atoms with van der Waals surface area (Å²) in [6.45, 7) is 9.55. The minimum Gasteiger partial charge on any atom is -0.379 e. The first kappa shape index (κ1) is 23.9. The molecule has 1 saturated heterocycles. The highest BCUT2D eigenvalue weighted by Gasteiger charge is 2.32. The molecule has 10 heteroatoms. The second-order valence-corrected chi connectivity index (χ2v) is 8.36. The normalized spacial score (nSPS) is 16.1. The molecule has 2 heterocycles. The van der Waals surface area contributed by atoms with Crippen molar-refractivity contribution in [3.8, 4) is 0 Å². The van der Waals surface area contributed by atoms with Gasteiger partial charge < -0.3 is 15.8 Å². The summed E-state index contributed by atoms with van der Waals surface area (Å²) in [7, 11) is 0. The number of hydrogen-bond acceptors (Lipinski definition) is 5. The molecule has 0 spiro atoms. The number of rotatable bonds is 5. The first-order chi connectivity index (χ1) is 13.7. The number of halogens is 1. The number of ether oxygens (including phenoxy) is 1. The van der Waals surface area contributed by atoms with Crippen LogP contribution in [0.4, 0.5) is 4.79 Å². The Morgan fingerprint density at radius 1 is 1.13 bits per heavy atom. The van der Waals surface area contributed by atoms with Crippen molar-refractivity contribution < 1.29 is 14.3 Å². The fourth-order valence-corrected chi connectivity index (χ4v) is 3.59. The number of para-hydroxylation sites is 2. The highest BCUT2D eigenvalue weighted by Crippen LogP contribution is 2.20. The number of amides is 2. The Morgan fingerprint density at radius 2 is 1.73 bits per heavy atom. The predicted molar refractivity (Wildman–Crippen MR) is 117 cm³/mol. The van der Waals surface area contributed by atoms with Crippen LogP contribution in [0.1, 0.15) is 20.8 Å². The van der Waals surface area contributed by atoms with Gasteiger partial charge in [0.2, 0.25) is 5.91 Å². The van der Waals surface area contributed by atoms with Crippen LogP contribution in [-0.2, 0) is 16.1 Å². The number of imidazole rings is 1. The lowest BCUT2D eigenvalue weighted by Crippen LogP contribution is -2.54. The third-order valence-electron chi connectivity index (χ3n) is 5.20. The largest absolute Gasteiger partial charge is 0.379 e. The van der Waals surface area contributed by atoms with Gasteiger partial charge >= 0.3 is 11.7 Å². The number of nitrogens with one attached hydrogen (secondary N) is 1. The zero-order valence-corrected chi connectivity index (χ0v) is 18.4. The van der Waals surface area contributed by atoms with Crippen LogP contribution in [0.25, 0.3) is 11.0 Å². The van der Waals surface area contributed by atoms with Gasteiger partial charge in [0, 0.05) is 26.2 Å². The van der Waals surface area contributed by atoms with E-state index in [1.807, 2.05) is 12.1 Å². The Morgan fingerprint density at radius 3 is 2.30 bits per heavy atom. The third kappa shape index (κ3) is 5.03. The van der Waals surface area contributed by atoms with E-state index in [4.69, 9.17) is 10.5 Å². The Labute approximate surface area is 181 Å². The predicted octanol–water partition coefficient (Wildman–Crippen LogP) is 1.01. The number of aromatic nitrogens is 2. The van der Waals surface area contributed by atoms with Crippen LogP contribution in [0, 0.1) is 5.41 Å². The molecular weight excluding hydrogens is 410 g/mol. The van der Waals surface area contributed by atoms with Crippen molar-refractivity contribution in [2.75, 3.05) is 32.8 Å². The van der Waals surface area contributed by atoms with Crippen LogP contribution in [0.15, 0.2) is 29.1 Å². The van der Waals surface area contributed by atoms with E-state index in [-0.39, 0.29) is 12.4 Å². The van der Waals surface area contributed by atoms with Crippen molar-refractivity contribution in [2.24, 2.45) is 11.1 Å². The van der Waals surface area contributed by atoms with Gasteiger partial charge in [-0.15, -0.1) is 12.4 Å². The molecule has 1 aromatic carbocycles. The molecule has 3 N–H and O–H groups in total. The lowest BCUT2D eigenvalue weighted by atomic mass is 9.86. The third-order valence-corrected chi connectivity index (χ3v) is 5.20. The van der Waals surface area contributed by atoms with Crippen LogP contribution >= 0.6 is 12.4 Å². The Bertz CT molecular complexity index is 956. The van der Waals surface area contributed by atoms with Gasteiger partial charge in [-0.1, -0.05) is 32.9 Å². The van der Waals surface area contributed by atoms with E-state index >= 15 is 0 Å². The highest BCUT2D eigenvalue weighted by atomic mass is 35.5. The van der Waals surface area contributed by atoms with E-state index in [2.05, 4.69) is 10.2 Å². The smallest absolute Gasteiger partial charge is 0.337 e. The number of primary amides is 1. The molecule has 0 unspecified atom stereocenters. The van der Waals surface area contributed by atoms with Crippen molar-refractivity contribution in [3.05, 3.63) is 34.7 Å². The minimum atomic E-state index is -0.905. The van der Waals surface area contributed by atoms with Crippen LogP contribution < -0.4 is 16.7 Å². The lowest BCUT2D eigenvalue weighted by molar-refractivity contribution is -0.122. The van der Waals surface area contributed by atoms with Gasteiger partial charge in [0.25, 0.3) is 0 Å². The van der Waals surface area contributed by atoms with Crippen molar-refractivity contribution in [2.45, 2.75) is 33.4 Å². The van der Waals surface area contributed by atoms with Gasteiger partial charge in [-0.05, 0) is 17.5 Å². The van der Waals surface area contributed by atoms with Gasteiger partial charge in [0.05, 0.1) is 24.2 Å². The van der Waals surface area contributed by atoms with E-state index < -0.39 is 29.1 Å². The molecule has 1 fully saturated rings. The Hall–Kier alpha value is -2.36. The van der Waals surface area contributed by atoms with Crippen LogP contribution in [0.5, 0.6) is 0 Å². The topological polar surface area (TPSA) is 112 Å². The summed E-state index contributed by atoms with van der Waals surface area (Å²) in [5, 5.41) is 2.63. The molecule has 1 aliphatic heterocycles. The first-order valence-electron chi connectivity index (χ1n) is 9.80. The minimum absolute atomic E-state index is 0. The SMILES string of the molecule is CC(C)(C)[C@H](NC(=O)n1c(=O)n(CCN2CCOCC2)c2ccccc21)C(N)=O.Cl. The van der Waals surface area contributed by atoms with Gasteiger partial charge in [0.15, 0.2) is 0 Å². The maximum Gasteiger partial charge on any atom is 0.337 e. The molecule has 166 valence electrons. The second kappa shape index (κ2) is 9.63. The molecule has 0 saturated carbocycles. The number of nitrogens with zero attached hydrogens (tertiary/aromatic N) is 3. The van der Waals surface area contributed by atoms with Crippen LogP contribution in [0.3, 0.4) is 0 Å². The fourth-order valence-electron chi connectivity index (χ4n) is 3.59. The average Bonchev–Trinajstić information content (AvgIpc) is 2.95. The molecule has 3 rings (SSSR count). The molecule has 0 radical (unpaired) electrons. The van der Waals surface area contributed by atoms with E-state index in [1.165, 1.54) is 0 Å². The van der Waals surface area contributed by atoms with E-state index in [1.54, 1.807) is 37.5 Å². The summed E-state index contributed by atoms with van der Waals surface area (Å²) in [5.74, 6) is -0.644. The molecule has 30 heavy (non-hydrogen) atoms. The van der Waals surface area contributed by atoms with Crippen molar-refractivity contribution >= 4 is 35.4 Å². The maximum atomic E-state index is 13.1. The maximum absolute atomic E-state index is 13.1. The molecule has 1 aliphatic rings. The summed E-state index contributed by atoms with van der Waals surface area (Å²) >= 11 is 0. The molecule has 1 atom stereocenters. The Balaban J connectivity index is 0.00000320. The van der Waals surface area contributed by atoms with Gasteiger partial charge in [-0.3, -0.25) is 14.3 Å². The van der Waals surface area contributed by atoms with Crippen LogP contribution in [-0.4, -0.2) is 64.9 Å². The number of carbonyl (C=O) groups is 2. The van der Waals surface area contributed by atoms with Gasteiger partial charge in [-0.2, -0.15) is 0 Å². The van der Waals surface area contributed by atoms with E-state index in [0.29, 0.717) is 37.3 Å².